The van der Waals surface area contributed by atoms with Crippen molar-refractivity contribution in [3.63, 3.8) is 0 Å². The molecule has 0 aliphatic heterocycles. The Morgan fingerprint density at radius 1 is 1.50 bits per heavy atom. The van der Waals surface area contributed by atoms with Gasteiger partial charge in [0.1, 0.15) is 0 Å². The fraction of sp³-hybridized carbons (Fsp3) is 0.500. The smallest absolute Gasteiger partial charge is 0.438 e. The molecule has 0 fully saturated rings. The van der Waals surface area contributed by atoms with Gasteiger partial charge in [-0.2, -0.15) is 4.79 Å². The molecular weight excluding hydrogens is 200 g/mol. The largest absolute Gasteiger partial charge is 0.539 e. The molecule has 1 N–H and O–H groups in total. The van der Waals surface area contributed by atoms with Gasteiger partial charge in [0.05, 0.1) is 0 Å². The zero-order valence-corrected chi connectivity index (χ0v) is 9.74. The molecule has 0 aromatic carbocycles. The number of carbonyl (C=O) groups is 1. The average Bonchev–Trinajstić information content (AvgIpc) is 2.00. The minimum Gasteiger partial charge on any atom is -0.539 e. The monoisotopic (exact) mass is 214 g/mol. The van der Waals surface area contributed by atoms with E-state index in [0.29, 0.717) is 0 Å². The topological polar surface area (TPSA) is 82.9 Å². The zero-order chi connectivity index (χ0) is 11.4. The Morgan fingerprint density at radius 3 is 2.21 bits per heavy atom. The number of allylic oxidation sites excluding steroid dienone is 1. The van der Waals surface area contributed by atoms with Crippen LogP contribution in [0.3, 0.4) is 0 Å². The predicted molar refractivity (Wildman–Crippen MR) is 54.5 cm³/mol. The molecule has 0 aliphatic rings. The molecule has 0 rings (SSSR count). The first-order valence-electron chi connectivity index (χ1n) is 4.13. The van der Waals surface area contributed by atoms with E-state index in [-0.39, 0.29) is 5.76 Å². The number of aliphatic carboxylic acids is 1. The quantitative estimate of drug-likeness (QED) is 0.253. The molecule has 0 aliphatic carbocycles. The highest BCUT2D eigenvalue weighted by Crippen LogP contribution is 2.11. The lowest BCUT2D eigenvalue weighted by Gasteiger charge is -2.18. The highest BCUT2D eigenvalue weighted by Gasteiger charge is 2.29. The van der Waals surface area contributed by atoms with Crippen molar-refractivity contribution in [3.8, 4) is 0 Å². The Balaban J connectivity index is 4.94. The molecular formula is C8H14N2O3Si. The summed E-state index contributed by atoms with van der Waals surface area (Å²) < 4.78 is 5.43. The van der Waals surface area contributed by atoms with Gasteiger partial charge >= 0.3 is 11.7 Å². The highest BCUT2D eigenvalue weighted by atomic mass is 28.4. The number of nitrogens with zero attached hydrogens (tertiary/aromatic N) is 2. The summed E-state index contributed by atoms with van der Waals surface area (Å²) in [6.45, 7) is 7.36. The second-order valence-corrected chi connectivity index (χ2v) is 8.05. The summed E-state index contributed by atoms with van der Waals surface area (Å²) in [5.41, 5.74) is 8.03. The fourth-order valence-electron chi connectivity index (χ4n) is 0.771. The summed E-state index contributed by atoms with van der Waals surface area (Å²) in [5, 5.41) is 8.68. The van der Waals surface area contributed by atoms with E-state index in [1.165, 1.54) is 6.08 Å². The molecule has 6 heteroatoms. The van der Waals surface area contributed by atoms with Gasteiger partial charge in [-0.05, 0) is 32.6 Å². The van der Waals surface area contributed by atoms with Crippen LogP contribution in [0.2, 0.25) is 19.6 Å². The van der Waals surface area contributed by atoms with E-state index in [0.717, 1.165) is 0 Å². The van der Waals surface area contributed by atoms with E-state index >= 15 is 0 Å². The molecule has 0 spiro atoms. The molecule has 0 radical (unpaired) electrons. The molecule has 0 saturated heterocycles. The van der Waals surface area contributed by atoms with Crippen molar-refractivity contribution in [3.05, 3.63) is 17.4 Å². The van der Waals surface area contributed by atoms with Gasteiger partial charge in [-0.25, -0.2) is 4.79 Å². The van der Waals surface area contributed by atoms with Crippen LogP contribution in [-0.4, -0.2) is 29.9 Å². The predicted octanol–water partition coefficient (Wildman–Crippen LogP) is 1.50. The summed E-state index contributed by atoms with van der Waals surface area (Å²) in [7, 11) is -1.89. The molecule has 0 atom stereocenters. The van der Waals surface area contributed by atoms with E-state index in [1.807, 2.05) is 19.6 Å². The third-order valence-electron chi connectivity index (χ3n) is 1.21. The van der Waals surface area contributed by atoms with Crippen LogP contribution in [-0.2, 0) is 9.22 Å². The van der Waals surface area contributed by atoms with E-state index in [2.05, 4.69) is 4.79 Å². The van der Waals surface area contributed by atoms with Crippen molar-refractivity contribution in [2.75, 3.05) is 0 Å². The Hall–Kier alpha value is -1.39. The van der Waals surface area contributed by atoms with Crippen molar-refractivity contribution >= 4 is 20.0 Å². The lowest BCUT2D eigenvalue weighted by Crippen LogP contribution is -2.30. The summed E-state index contributed by atoms with van der Waals surface area (Å²) in [6.07, 6.45) is 1.47. The summed E-state index contributed by atoms with van der Waals surface area (Å²) in [5.74, 6) is -1.20. The summed E-state index contributed by atoms with van der Waals surface area (Å²) >= 11 is 0. The van der Waals surface area contributed by atoms with E-state index < -0.39 is 20.0 Å². The molecule has 0 aromatic rings. The van der Waals surface area contributed by atoms with Crippen LogP contribution in [0.15, 0.2) is 11.8 Å². The number of carboxylic acids is 1. The summed E-state index contributed by atoms with van der Waals surface area (Å²) in [4.78, 5) is 13.3. The molecule has 14 heavy (non-hydrogen) atoms. The van der Waals surface area contributed by atoms with Crippen LogP contribution < -0.4 is 0 Å². The van der Waals surface area contributed by atoms with Gasteiger partial charge in [-0.1, -0.05) is 0 Å². The van der Waals surface area contributed by atoms with Crippen LogP contribution >= 0.6 is 0 Å². The molecule has 78 valence electrons. The minimum absolute atomic E-state index is 0.110. The van der Waals surface area contributed by atoms with E-state index in [9.17, 15) is 4.79 Å². The second-order valence-electron chi connectivity index (χ2n) is 3.62. The Kier molecular flexibility index (Phi) is 4.26. The van der Waals surface area contributed by atoms with Crippen LogP contribution in [0.5, 0.6) is 0 Å². The fourth-order valence-corrected chi connectivity index (χ4v) is 1.65. The van der Waals surface area contributed by atoms with Crippen LogP contribution in [0.25, 0.3) is 5.53 Å². The third-order valence-corrected chi connectivity index (χ3v) is 2.05. The van der Waals surface area contributed by atoms with Gasteiger partial charge in [0.25, 0.3) is 0 Å². The van der Waals surface area contributed by atoms with Gasteiger partial charge in [0.2, 0.25) is 8.32 Å². The highest BCUT2D eigenvalue weighted by molar-refractivity contribution is 6.70. The first-order chi connectivity index (χ1) is 6.31. The van der Waals surface area contributed by atoms with E-state index in [4.69, 9.17) is 15.1 Å². The Morgan fingerprint density at radius 2 is 2.00 bits per heavy atom. The van der Waals surface area contributed by atoms with Crippen molar-refractivity contribution in [1.82, 2.24) is 0 Å². The first-order valence-corrected chi connectivity index (χ1v) is 7.53. The first kappa shape index (κ1) is 12.6. The molecule has 5 nitrogen and oxygen atoms in total. The minimum atomic E-state index is -1.89. The number of hydrogen-bond donors (Lipinski definition) is 1. The van der Waals surface area contributed by atoms with Crippen LogP contribution in [0, 0.1) is 0 Å². The maximum absolute atomic E-state index is 10.6. The number of carboxylic acid groups (broad SMARTS) is 1. The summed E-state index contributed by atoms with van der Waals surface area (Å²) in [6, 6.07) is 0. The second kappa shape index (κ2) is 4.73. The number of rotatable bonds is 4. The molecule has 0 amide bonds. The Labute approximate surface area is 83.8 Å². The van der Waals surface area contributed by atoms with Gasteiger partial charge in [-0.3, -0.25) is 0 Å². The molecule has 0 aromatic heterocycles. The Bertz CT molecular complexity index is 311. The lowest BCUT2D eigenvalue weighted by atomic mass is 10.3. The van der Waals surface area contributed by atoms with Gasteiger partial charge in [0, 0.05) is 0 Å². The number of hydrogen-bond acceptors (Lipinski definition) is 2. The van der Waals surface area contributed by atoms with E-state index in [1.54, 1.807) is 6.92 Å². The lowest BCUT2D eigenvalue weighted by molar-refractivity contribution is -0.134. The maximum Gasteiger partial charge on any atom is 0.438 e. The third kappa shape index (κ3) is 4.02. The zero-order valence-electron chi connectivity index (χ0n) is 8.74. The van der Waals surface area contributed by atoms with Crippen LogP contribution in [0.1, 0.15) is 6.92 Å². The average molecular weight is 214 g/mol. The molecule has 0 bridgehead atoms. The molecule has 0 unspecified atom stereocenters. The van der Waals surface area contributed by atoms with Crippen molar-refractivity contribution in [2.24, 2.45) is 0 Å². The van der Waals surface area contributed by atoms with Gasteiger partial charge < -0.3 is 15.1 Å². The molecule has 0 saturated carbocycles. The standard InChI is InChI=1S/C8H14N2O3Si/c1-5-6(13-14(2,3)4)7(10-9)8(11)12/h5H,1-4H3,(H,11,12)/b6-5-. The van der Waals surface area contributed by atoms with Crippen molar-refractivity contribution in [1.29, 1.82) is 0 Å². The van der Waals surface area contributed by atoms with Gasteiger partial charge in [0.15, 0.2) is 5.76 Å². The maximum atomic E-state index is 10.6. The van der Waals surface area contributed by atoms with Crippen molar-refractivity contribution < 1.29 is 19.1 Å². The van der Waals surface area contributed by atoms with Crippen LogP contribution in [0.4, 0.5) is 0 Å². The normalized spacial score (nSPS) is 11.9. The van der Waals surface area contributed by atoms with Crippen molar-refractivity contribution in [2.45, 2.75) is 26.6 Å². The van der Waals surface area contributed by atoms with Gasteiger partial charge in [-0.15, -0.1) is 0 Å². The SMILES string of the molecule is C/C=C(\O[Si](C)(C)C)C(=[N+]=[N-])C(=O)O. The molecule has 0 heterocycles.